The summed E-state index contributed by atoms with van der Waals surface area (Å²) in [6.45, 7) is -0.522. The summed E-state index contributed by atoms with van der Waals surface area (Å²) in [6, 6.07) is 11.3. The van der Waals surface area contributed by atoms with Crippen LogP contribution in [0, 0.1) is 11.6 Å². The first-order chi connectivity index (χ1) is 11.5. The lowest BCUT2D eigenvalue weighted by Gasteiger charge is -2.05. The van der Waals surface area contributed by atoms with Crippen molar-refractivity contribution in [2.45, 2.75) is 0 Å². The first kappa shape index (κ1) is 16.1. The summed E-state index contributed by atoms with van der Waals surface area (Å²) in [5, 5.41) is 2.74. The third kappa shape index (κ3) is 3.57. The van der Waals surface area contributed by atoms with Crippen LogP contribution in [0.25, 0.3) is 10.1 Å². The molecule has 0 radical (unpaired) electrons. The molecule has 0 bridgehead atoms. The highest BCUT2D eigenvalue weighted by Gasteiger charge is 2.15. The van der Waals surface area contributed by atoms with Crippen molar-refractivity contribution in [1.82, 2.24) is 0 Å². The van der Waals surface area contributed by atoms with Gasteiger partial charge >= 0.3 is 5.97 Å². The monoisotopic (exact) mass is 347 g/mol. The molecule has 4 nitrogen and oxygen atoms in total. The van der Waals surface area contributed by atoms with Crippen LogP contribution in [-0.4, -0.2) is 18.5 Å². The molecule has 7 heteroatoms. The zero-order chi connectivity index (χ0) is 17.1. The van der Waals surface area contributed by atoms with Crippen molar-refractivity contribution in [2.75, 3.05) is 11.9 Å². The van der Waals surface area contributed by atoms with Gasteiger partial charge in [-0.15, -0.1) is 11.3 Å². The fraction of sp³-hybridized carbons (Fsp3) is 0.0588. The summed E-state index contributed by atoms with van der Waals surface area (Å²) < 4.78 is 32.2. The number of amides is 1. The Kier molecular flexibility index (Phi) is 4.52. The molecule has 0 atom stereocenters. The number of thiophene rings is 1. The molecule has 0 spiro atoms. The summed E-state index contributed by atoms with van der Waals surface area (Å²) >= 11 is 1.08. The summed E-state index contributed by atoms with van der Waals surface area (Å²) in [6.07, 6.45) is 0. The Morgan fingerprint density at radius 1 is 1.08 bits per heavy atom. The Balaban J connectivity index is 1.62. The van der Waals surface area contributed by atoms with E-state index >= 15 is 0 Å². The first-order valence-electron chi connectivity index (χ1n) is 6.93. The second kappa shape index (κ2) is 6.76. The predicted octanol–water partition coefficient (Wildman–Crippen LogP) is 3.98. The topological polar surface area (TPSA) is 55.4 Å². The highest BCUT2D eigenvalue weighted by atomic mass is 32.1. The smallest absolute Gasteiger partial charge is 0.348 e. The van der Waals surface area contributed by atoms with Crippen molar-refractivity contribution in [3.8, 4) is 0 Å². The van der Waals surface area contributed by atoms with E-state index in [9.17, 15) is 18.4 Å². The highest BCUT2D eigenvalue weighted by molar-refractivity contribution is 7.20. The molecule has 1 amide bonds. The van der Waals surface area contributed by atoms with Crippen LogP contribution in [0.1, 0.15) is 9.67 Å². The van der Waals surface area contributed by atoms with Gasteiger partial charge in [0.25, 0.3) is 5.91 Å². The quantitative estimate of drug-likeness (QED) is 0.727. The molecule has 3 rings (SSSR count). The van der Waals surface area contributed by atoms with Gasteiger partial charge in [0.05, 0.1) is 0 Å². The highest BCUT2D eigenvalue weighted by Crippen LogP contribution is 2.28. The number of esters is 1. The predicted molar refractivity (Wildman–Crippen MR) is 87.1 cm³/mol. The molecule has 0 fully saturated rings. The standard InChI is InChI=1S/C17H11F2NO3S/c18-10-3-1-4-11(7-10)20-16(21)9-23-17(22)15-8-12-13(19)5-2-6-14(12)24-15/h1-8H,9H2,(H,20,21). The fourth-order valence-electron chi connectivity index (χ4n) is 2.09. The molecular weight excluding hydrogens is 336 g/mol. The van der Waals surface area contributed by atoms with Crippen LogP contribution in [0.5, 0.6) is 0 Å². The van der Waals surface area contributed by atoms with Crippen molar-refractivity contribution in [3.05, 3.63) is 65.0 Å². The molecule has 1 aromatic heterocycles. The lowest BCUT2D eigenvalue weighted by Crippen LogP contribution is -2.20. The van der Waals surface area contributed by atoms with Crippen molar-refractivity contribution < 1.29 is 23.1 Å². The minimum atomic E-state index is -0.718. The Labute approximate surface area is 139 Å². The van der Waals surface area contributed by atoms with Gasteiger partial charge in [0, 0.05) is 15.8 Å². The minimum absolute atomic E-state index is 0.202. The van der Waals surface area contributed by atoms with Crippen LogP contribution in [0.2, 0.25) is 0 Å². The van der Waals surface area contributed by atoms with E-state index < -0.39 is 30.1 Å². The number of rotatable bonds is 4. The molecule has 1 N–H and O–H groups in total. The van der Waals surface area contributed by atoms with Crippen LogP contribution in [0.3, 0.4) is 0 Å². The SMILES string of the molecule is O=C(COC(=O)c1cc2c(F)cccc2s1)Nc1cccc(F)c1. The molecule has 0 unspecified atom stereocenters. The second-order valence-electron chi connectivity index (χ2n) is 4.90. The summed E-state index contributed by atoms with van der Waals surface area (Å²) in [5.74, 6) is -2.23. The van der Waals surface area contributed by atoms with E-state index in [-0.39, 0.29) is 10.6 Å². The average Bonchev–Trinajstić information content (AvgIpc) is 2.98. The van der Waals surface area contributed by atoms with Gasteiger partial charge in [-0.2, -0.15) is 0 Å². The Bertz CT molecular complexity index is 923. The van der Waals surface area contributed by atoms with Gasteiger partial charge in [-0.3, -0.25) is 4.79 Å². The average molecular weight is 347 g/mol. The number of nitrogens with one attached hydrogen (secondary N) is 1. The van der Waals surface area contributed by atoms with Crippen molar-refractivity contribution in [3.63, 3.8) is 0 Å². The number of hydrogen-bond donors (Lipinski definition) is 1. The van der Waals surface area contributed by atoms with E-state index in [0.29, 0.717) is 10.1 Å². The summed E-state index contributed by atoms with van der Waals surface area (Å²) in [5.41, 5.74) is 0.264. The van der Waals surface area contributed by atoms with Crippen LogP contribution in [-0.2, 0) is 9.53 Å². The Morgan fingerprint density at radius 2 is 1.88 bits per heavy atom. The molecule has 24 heavy (non-hydrogen) atoms. The Hall–Kier alpha value is -2.80. The molecule has 0 aliphatic heterocycles. The number of carbonyl (C=O) groups is 2. The third-order valence-corrected chi connectivity index (χ3v) is 4.23. The molecule has 0 saturated carbocycles. The van der Waals surface area contributed by atoms with Crippen LogP contribution in [0.15, 0.2) is 48.5 Å². The van der Waals surface area contributed by atoms with Gasteiger partial charge in [0.15, 0.2) is 6.61 Å². The number of anilines is 1. The van der Waals surface area contributed by atoms with E-state index in [2.05, 4.69) is 5.32 Å². The Morgan fingerprint density at radius 3 is 2.62 bits per heavy atom. The molecule has 3 aromatic rings. The van der Waals surface area contributed by atoms with Crippen molar-refractivity contribution >= 4 is 39.0 Å². The van der Waals surface area contributed by atoms with E-state index in [1.165, 1.54) is 30.3 Å². The number of carbonyl (C=O) groups excluding carboxylic acids is 2. The van der Waals surface area contributed by atoms with E-state index in [0.717, 1.165) is 17.4 Å². The van der Waals surface area contributed by atoms with Gasteiger partial charge in [-0.05, 0) is 36.4 Å². The molecule has 122 valence electrons. The zero-order valence-electron chi connectivity index (χ0n) is 12.2. The van der Waals surface area contributed by atoms with Gasteiger partial charge in [-0.25, -0.2) is 13.6 Å². The van der Waals surface area contributed by atoms with Crippen LogP contribution < -0.4 is 5.32 Å². The lowest BCUT2D eigenvalue weighted by molar-refractivity contribution is -0.119. The van der Waals surface area contributed by atoms with E-state index in [4.69, 9.17) is 4.74 Å². The van der Waals surface area contributed by atoms with Crippen molar-refractivity contribution in [2.24, 2.45) is 0 Å². The third-order valence-electron chi connectivity index (χ3n) is 3.15. The summed E-state index contributed by atoms with van der Waals surface area (Å²) in [4.78, 5) is 23.9. The number of hydrogen-bond acceptors (Lipinski definition) is 4. The fourth-order valence-corrected chi connectivity index (χ4v) is 3.06. The normalized spacial score (nSPS) is 10.6. The zero-order valence-corrected chi connectivity index (χ0v) is 13.0. The largest absolute Gasteiger partial charge is 0.451 e. The first-order valence-corrected chi connectivity index (χ1v) is 7.75. The molecule has 2 aromatic carbocycles. The number of ether oxygens (including phenoxy) is 1. The maximum atomic E-state index is 13.6. The van der Waals surface area contributed by atoms with E-state index in [1.807, 2.05) is 0 Å². The maximum absolute atomic E-state index is 13.6. The summed E-state index contributed by atoms with van der Waals surface area (Å²) in [7, 11) is 0. The number of benzene rings is 2. The van der Waals surface area contributed by atoms with Gasteiger partial charge in [-0.1, -0.05) is 12.1 Å². The molecule has 0 aliphatic carbocycles. The molecular formula is C17H11F2NO3S. The lowest BCUT2D eigenvalue weighted by atomic mass is 10.2. The van der Waals surface area contributed by atoms with Gasteiger partial charge in [0.1, 0.15) is 16.5 Å². The number of fused-ring (bicyclic) bond motifs is 1. The maximum Gasteiger partial charge on any atom is 0.348 e. The van der Waals surface area contributed by atoms with E-state index in [1.54, 1.807) is 12.1 Å². The van der Waals surface area contributed by atoms with Gasteiger partial charge in [0.2, 0.25) is 0 Å². The van der Waals surface area contributed by atoms with Crippen molar-refractivity contribution in [1.29, 1.82) is 0 Å². The molecule has 0 saturated heterocycles. The van der Waals surface area contributed by atoms with Crippen LogP contribution >= 0.6 is 11.3 Å². The molecule has 1 heterocycles. The minimum Gasteiger partial charge on any atom is -0.451 e. The second-order valence-corrected chi connectivity index (χ2v) is 5.98. The molecule has 0 aliphatic rings. The van der Waals surface area contributed by atoms with Gasteiger partial charge < -0.3 is 10.1 Å². The van der Waals surface area contributed by atoms with Crippen LogP contribution in [0.4, 0.5) is 14.5 Å². The number of halogens is 2.